The lowest BCUT2D eigenvalue weighted by Crippen LogP contribution is -2.41. The van der Waals surface area contributed by atoms with Crippen LogP contribution in [0, 0.1) is 0 Å². The molecule has 1 saturated carbocycles. The molecule has 0 radical (unpaired) electrons. The topological polar surface area (TPSA) is 69.6 Å². The van der Waals surface area contributed by atoms with E-state index in [-0.39, 0.29) is 12.5 Å². The molecule has 2 rings (SSSR count). The fourth-order valence-electron chi connectivity index (χ4n) is 1.91. The van der Waals surface area contributed by atoms with Gasteiger partial charge in [0.25, 0.3) is 0 Å². The minimum Gasteiger partial charge on any atom is -0.481 e. The Bertz CT molecular complexity index is 488. The summed E-state index contributed by atoms with van der Waals surface area (Å²) < 4.78 is 1.06. The lowest BCUT2D eigenvalue weighted by atomic mass is 10.3. The maximum atomic E-state index is 12.1. The fourth-order valence-corrected chi connectivity index (χ4v) is 3.12. The Labute approximate surface area is 130 Å². The number of carboxylic acids is 1. The van der Waals surface area contributed by atoms with Crippen LogP contribution >= 0.6 is 27.3 Å². The molecule has 7 heteroatoms. The van der Waals surface area contributed by atoms with Crippen molar-refractivity contribution in [3.05, 3.63) is 20.8 Å². The molecule has 0 bridgehead atoms. The highest BCUT2D eigenvalue weighted by Gasteiger charge is 2.32. The second-order valence-electron chi connectivity index (χ2n) is 4.85. The second-order valence-corrected chi connectivity index (χ2v) is 7.14. The molecule has 0 unspecified atom stereocenters. The number of hydrogen-bond donors (Lipinski definition) is 2. The van der Waals surface area contributed by atoms with Crippen LogP contribution in [0.25, 0.3) is 0 Å². The van der Waals surface area contributed by atoms with E-state index in [4.69, 9.17) is 5.11 Å². The first-order valence-electron chi connectivity index (χ1n) is 6.55. The first kappa shape index (κ1) is 15.3. The van der Waals surface area contributed by atoms with Crippen LogP contribution in [0.3, 0.4) is 0 Å². The monoisotopic (exact) mass is 360 g/mol. The second kappa shape index (κ2) is 7.08. The zero-order valence-corrected chi connectivity index (χ0v) is 13.4. The molecule has 110 valence electrons. The third-order valence-electron chi connectivity index (χ3n) is 3.07. The number of amides is 2. The molecule has 1 heterocycles. The SMILES string of the molecule is O=C(O)CCCNC(=O)N(Cc1csc(Br)c1)C1CC1. The van der Waals surface area contributed by atoms with Crippen LogP contribution in [0.4, 0.5) is 4.79 Å². The average Bonchev–Trinajstić information content (AvgIpc) is 3.15. The summed E-state index contributed by atoms with van der Waals surface area (Å²) in [5.41, 5.74) is 1.12. The van der Waals surface area contributed by atoms with Crippen molar-refractivity contribution in [3.8, 4) is 0 Å². The quantitative estimate of drug-likeness (QED) is 0.734. The highest BCUT2D eigenvalue weighted by atomic mass is 79.9. The van der Waals surface area contributed by atoms with Crippen LogP contribution in [0.5, 0.6) is 0 Å². The zero-order valence-electron chi connectivity index (χ0n) is 11.0. The molecule has 0 aromatic carbocycles. The van der Waals surface area contributed by atoms with E-state index >= 15 is 0 Å². The van der Waals surface area contributed by atoms with E-state index in [1.807, 2.05) is 16.3 Å². The lowest BCUT2D eigenvalue weighted by molar-refractivity contribution is -0.137. The molecule has 2 amide bonds. The summed E-state index contributed by atoms with van der Waals surface area (Å²) >= 11 is 5.03. The molecule has 1 aromatic rings. The number of carbonyl (C=O) groups is 2. The number of nitrogens with zero attached hydrogens (tertiary/aromatic N) is 1. The van der Waals surface area contributed by atoms with Crippen molar-refractivity contribution in [1.29, 1.82) is 0 Å². The predicted molar refractivity (Wildman–Crippen MR) is 80.9 cm³/mol. The number of rotatable bonds is 7. The van der Waals surface area contributed by atoms with Gasteiger partial charge in [0.05, 0.1) is 3.79 Å². The molecule has 0 aliphatic heterocycles. The van der Waals surface area contributed by atoms with Crippen molar-refractivity contribution in [3.63, 3.8) is 0 Å². The summed E-state index contributed by atoms with van der Waals surface area (Å²) in [5, 5.41) is 13.4. The van der Waals surface area contributed by atoms with Gasteiger partial charge in [-0.05, 0) is 52.2 Å². The molecule has 1 fully saturated rings. The normalized spacial score (nSPS) is 14.1. The number of carbonyl (C=O) groups excluding carboxylic acids is 1. The number of hydrogen-bond acceptors (Lipinski definition) is 3. The third kappa shape index (κ3) is 4.79. The Balaban J connectivity index is 1.82. The first-order valence-corrected chi connectivity index (χ1v) is 8.22. The van der Waals surface area contributed by atoms with Gasteiger partial charge >= 0.3 is 12.0 Å². The molecular formula is C13H17BrN2O3S. The molecule has 20 heavy (non-hydrogen) atoms. The summed E-state index contributed by atoms with van der Waals surface area (Å²) in [5.74, 6) is -0.832. The Morgan fingerprint density at radius 2 is 2.25 bits per heavy atom. The minimum absolute atomic E-state index is 0.0845. The molecule has 0 saturated heterocycles. The summed E-state index contributed by atoms with van der Waals surface area (Å²) in [6.07, 6.45) is 2.65. The Kier molecular flexibility index (Phi) is 5.42. The molecule has 1 aliphatic carbocycles. The largest absolute Gasteiger partial charge is 0.481 e. The Hall–Kier alpha value is -1.08. The number of aliphatic carboxylic acids is 1. The van der Waals surface area contributed by atoms with Crippen molar-refractivity contribution in [1.82, 2.24) is 10.2 Å². The van der Waals surface area contributed by atoms with Gasteiger partial charge in [-0.25, -0.2) is 4.79 Å². The fraction of sp³-hybridized carbons (Fsp3) is 0.538. The van der Waals surface area contributed by atoms with Crippen molar-refractivity contribution in [2.45, 2.75) is 38.3 Å². The number of nitrogens with one attached hydrogen (secondary N) is 1. The van der Waals surface area contributed by atoms with E-state index in [1.54, 1.807) is 11.3 Å². The third-order valence-corrected chi connectivity index (χ3v) is 4.62. The summed E-state index contributed by atoms with van der Waals surface area (Å²) in [4.78, 5) is 24.4. The van der Waals surface area contributed by atoms with Crippen LogP contribution in [0.15, 0.2) is 15.2 Å². The number of carboxylic acid groups (broad SMARTS) is 1. The molecular weight excluding hydrogens is 344 g/mol. The number of halogens is 1. The smallest absolute Gasteiger partial charge is 0.317 e. The van der Waals surface area contributed by atoms with E-state index in [0.29, 0.717) is 25.6 Å². The Morgan fingerprint density at radius 3 is 2.80 bits per heavy atom. The van der Waals surface area contributed by atoms with Gasteiger partial charge in [-0.1, -0.05) is 0 Å². The molecule has 5 nitrogen and oxygen atoms in total. The van der Waals surface area contributed by atoms with Crippen LogP contribution in [0.1, 0.15) is 31.2 Å². The lowest BCUT2D eigenvalue weighted by Gasteiger charge is -2.22. The standard InChI is InChI=1S/C13H17BrN2O3S/c14-11-6-9(8-20-11)7-16(10-3-4-10)13(19)15-5-1-2-12(17)18/h6,8,10H,1-5,7H2,(H,15,19)(H,17,18). The maximum Gasteiger partial charge on any atom is 0.317 e. The zero-order chi connectivity index (χ0) is 14.5. The van der Waals surface area contributed by atoms with Gasteiger partial charge < -0.3 is 15.3 Å². The molecule has 1 aromatic heterocycles. The van der Waals surface area contributed by atoms with E-state index in [0.717, 1.165) is 22.2 Å². The van der Waals surface area contributed by atoms with Crippen LogP contribution < -0.4 is 5.32 Å². The number of urea groups is 1. The van der Waals surface area contributed by atoms with Gasteiger partial charge in [0, 0.05) is 25.6 Å². The van der Waals surface area contributed by atoms with Gasteiger partial charge in [0.1, 0.15) is 0 Å². The predicted octanol–water partition coefficient (Wildman–Crippen LogP) is 3.05. The molecule has 2 N–H and O–H groups in total. The summed E-state index contributed by atoms with van der Waals surface area (Å²) in [6.45, 7) is 1.01. The van der Waals surface area contributed by atoms with Crippen molar-refractivity contribution in [2.24, 2.45) is 0 Å². The summed E-state index contributed by atoms with van der Waals surface area (Å²) in [6, 6.07) is 2.26. The maximum absolute atomic E-state index is 12.1. The number of thiophene rings is 1. The average molecular weight is 361 g/mol. The first-order chi connectivity index (χ1) is 9.56. The van der Waals surface area contributed by atoms with Gasteiger partial charge in [-0.3, -0.25) is 4.79 Å². The molecule has 0 spiro atoms. The van der Waals surface area contributed by atoms with E-state index in [1.165, 1.54) is 0 Å². The van der Waals surface area contributed by atoms with Crippen molar-refractivity contribution >= 4 is 39.3 Å². The summed E-state index contributed by atoms with van der Waals surface area (Å²) in [7, 11) is 0. The van der Waals surface area contributed by atoms with Crippen molar-refractivity contribution < 1.29 is 14.7 Å². The van der Waals surface area contributed by atoms with E-state index < -0.39 is 5.97 Å². The van der Waals surface area contributed by atoms with Crippen molar-refractivity contribution in [2.75, 3.05) is 6.54 Å². The Morgan fingerprint density at radius 1 is 1.50 bits per heavy atom. The molecule has 0 atom stereocenters. The van der Waals surface area contributed by atoms with Gasteiger partial charge in [-0.2, -0.15) is 0 Å². The van der Waals surface area contributed by atoms with Gasteiger partial charge in [0.15, 0.2) is 0 Å². The highest BCUT2D eigenvalue weighted by Crippen LogP contribution is 2.30. The molecule has 1 aliphatic rings. The minimum atomic E-state index is -0.832. The van der Waals surface area contributed by atoms with E-state index in [2.05, 4.69) is 21.2 Å². The van der Waals surface area contributed by atoms with Crippen LogP contribution in [-0.4, -0.2) is 34.6 Å². The van der Waals surface area contributed by atoms with E-state index in [9.17, 15) is 9.59 Å². The van der Waals surface area contributed by atoms with Gasteiger partial charge in [-0.15, -0.1) is 11.3 Å². The van der Waals surface area contributed by atoms with Gasteiger partial charge in [0.2, 0.25) is 0 Å². The van der Waals surface area contributed by atoms with Crippen LogP contribution in [0.2, 0.25) is 0 Å². The van der Waals surface area contributed by atoms with Crippen LogP contribution in [-0.2, 0) is 11.3 Å². The highest BCUT2D eigenvalue weighted by molar-refractivity contribution is 9.11.